The van der Waals surface area contributed by atoms with Crippen molar-refractivity contribution in [3.63, 3.8) is 0 Å². The van der Waals surface area contributed by atoms with Crippen molar-refractivity contribution in [1.82, 2.24) is 0 Å². The average molecular weight is 183 g/mol. The van der Waals surface area contributed by atoms with Crippen LogP contribution < -0.4 is 0 Å². The Bertz CT molecular complexity index is 288. The first kappa shape index (κ1) is 9.06. The molecule has 0 bridgehead atoms. The molecule has 4 nitrogen and oxygen atoms in total. The molecule has 1 N–H and O–H groups in total. The summed E-state index contributed by atoms with van der Waals surface area (Å²) in [5.74, 6) is 0. The Kier molecular flexibility index (Phi) is 2.70. The van der Waals surface area contributed by atoms with Crippen LogP contribution in [0.3, 0.4) is 0 Å². The lowest BCUT2D eigenvalue weighted by atomic mass is 10.1. The van der Waals surface area contributed by atoms with Gasteiger partial charge in [0, 0.05) is 9.79 Å². The quantitative estimate of drug-likeness (QED) is 0.436. The molecule has 5 heteroatoms. The minimum absolute atomic E-state index is 0.0734. The van der Waals surface area contributed by atoms with Gasteiger partial charge in [-0.2, -0.15) is 0 Å². The van der Waals surface area contributed by atoms with E-state index in [1.54, 1.807) is 6.92 Å². The van der Waals surface area contributed by atoms with Gasteiger partial charge in [-0.3, -0.25) is 0 Å². The zero-order valence-electron chi connectivity index (χ0n) is 6.64. The highest BCUT2D eigenvalue weighted by molar-refractivity contribution is 7.10. The van der Waals surface area contributed by atoms with Crippen molar-refractivity contribution in [1.29, 1.82) is 0 Å². The van der Waals surface area contributed by atoms with E-state index in [0.29, 0.717) is 0 Å². The summed E-state index contributed by atoms with van der Waals surface area (Å²) < 4.78 is 0. The fourth-order valence-corrected chi connectivity index (χ4v) is 1.61. The van der Waals surface area contributed by atoms with Gasteiger partial charge in [0.05, 0.1) is 6.54 Å². The molecule has 1 rings (SSSR count). The molecule has 1 heterocycles. The summed E-state index contributed by atoms with van der Waals surface area (Å²) in [7, 11) is 0. The molecule has 0 saturated carbocycles. The second-order valence-electron chi connectivity index (χ2n) is 2.64. The molecular weight excluding hydrogens is 174 g/mol. The predicted molar refractivity (Wildman–Crippen MR) is 47.9 cm³/mol. The summed E-state index contributed by atoms with van der Waals surface area (Å²) in [5, 5.41) is 15.0. The van der Waals surface area contributed by atoms with Crippen molar-refractivity contribution >= 4 is 11.3 Å². The number of hydrogen-bond donors (Lipinski definition) is 1. The van der Waals surface area contributed by atoms with Crippen molar-refractivity contribution < 1.29 is 5.11 Å². The number of hydrogen-bond acceptors (Lipinski definition) is 3. The maximum atomic E-state index is 9.75. The summed E-state index contributed by atoms with van der Waals surface area (Å²) in [4.78, 5) is 3.42. The molecule has 12 heavy (non-hydrogen) atoms. The molecule has 1 aromatic rings. The molecule has 0 aliphatic heterocycles. The second kappa shape index (κ2) is 3.58. The molecule has 0 amide bonds. The topological polar surface area (TPSA) is 69.0 Å². The lowest BCUT2D eigenvalue weighted by Crippen LogP contribution is -2.23. The van der Waals surface area contributed by atoms with Crippen molar-refractivity contribution in [3.05, 3.63) is 32.8 Å². The molecule has 1 aromatic heterocycles. The lowest BCUT2D eigenvalue weighted by molar-refractivity contribution is 0.0708. The molecule has 0 spiro atoms. The van der Waals surface area contributed by atoms with Gasteiger partial charge >= 0.3 is 0 Å². The molecular formula is C7H9N3OS. The van der Waals surface area contributed by atoms with E-state index in [-0.39, 0.29) is 6.54 Å². The normalized spacial score (nSPS) is 14.8. The van der Waals surface area contributed by atoms with Crippen LogP contribution in [0.5, 0.6) is 0 Å². The first-order valence-corrected chi connectivity index (χ1v) is 4.32. The number of azide groups is 1. The summed E-state index contributed by atoms with van der Waals surface area (Å²) in [6.45, 7) is 1.71. The zero-order valence-corrected chi connectivity index (χ0v) is 7.45. The molecule has 0 aromatic carbocycles. The third kappa shape index (κ3) is 1.98. The van der Waals surface area contributed by atoms with Gasteiger partial charge < -0.3 is 5.11 Å². The van der Waals surface area contributed by atoms with Crippen LogP contribution in [0.15, 0.2) is 22.6 Å². The van der Waals surface area contributed by atoms with E-state index in [1.165, 1.54) is 11.3 Å². The van der Waals surface area contributed by atoms with E-state index in [9.17, 15) is 5.11 Å². The fourth-order valence-electron chi connectivity index (χ4n) is 0.832. The van der Waals surface area contributed by atoms with Crippen LogP contribution in [0.2, 0.25) is 0 Å². The summed E-state index contributed by atoms with van der Waals surface area (Å²) in [5.41, 5.74) is 7.05. The van der Waals surface area contributed by atoms with Gasteiger partial charge in [-0.05, 0) is 23.9 Å². The van der Waals surface area contributed by atoms with E-state index in [2.05, 4.69) is 10.0 Å². The minimum Gasteiger partial charge on any atom is -0.384 e. The molecule has 64 valence electrons. The Morgan fingerprint density at radius 3 is 3.08 bits per heavy atom. The summed E-state index contributed by atoms with van der Waals surface area (Å²) in [6, 6.07) is 3.67. The van der Waals surface area contributed by atoms with Crippen LogP contribution in [0, 0.1) is 0 Å². The molecule has 0 aliphatic carbocycles. The minimum atomic E-state index is -1.03. The van der Waals surface area contributed by atoms with Crippen LogP contribution in [-0.4, -0.2) is 11.7 Å². The standard InChI is InChI=1S/C7H9N3OS/c1-7(11,5-9-10-8)6-3-2-4-12-6/h2-4,11H,5H2,1H3. The highest BCUT2D eigenvalue weighted by atomic mass is 32.1. The summed E-state index contributed by atoms with van der Waals surface area (Å²) in [6.07, 6.45) is 0. The van der Waals surface area contributed by atoms with E-state index < -0.39 is 5.60 Å². The van der Waals surface area contributed by atoms with Crippen molar-refractivity contribution in [2.75, 3.05) is 6.54 Å². The van der Waals surface area contributed by atoms with Crippen LogP contribution in [0.1, 0.15) is 11.8 Å². The number of rotatable bonds is 3. The Labute approximate surface area is 74.1 Å². The van der Waals surface area contributed by atoms with Gasteiger partial charge in [0.1, 0.15) is 5.60 Å². The largest absolute Gasteiger partial charge is 0.384 e. The lowest BCUT2D eigenvalue weighted by Gasteiger charge is -2.18. The highest BCUT2D eigenvalue weighted by Gasteiger charge is 2.22. The fraction of sp³-hybridized carbons (Fsp3) is 0.429. The number of thiophene rings is 1. The molecule has 1 atom stereocenters. The van der Waals surface area contributed by atoms with Gasteiger partial charge in [-0.15, -0.1) is 11.3 Å². The smallest absolute Gasteiger partial charge is 0.102 e. The Morgan fingerprint density at radius 2 is 2.58 bits per heavy atom. The van der Waals surface area contributed by atoms with Gasteiger partial charge in [-0.25, -0.2) is 0 Å². The van der Waals surface area contributed by atoms with Crippen LogP contribution in [0.4, 0.5) is 0 Å². The Balaban J connectivity index is 2.78. The molecule has 0 saturated heterocycles. The Morgan fingerprint density at radius 1 is 1.83 bits per heavy atom. The van der Waals surface area contributed by atoms with Gasteiger partial charge in [-0.1, -0.05) is 11.2 Å². The first-order valence-electron chi connectivity index (χ1n) is 3.44. The zero-order chi connectivity index (χ0) is 9.03. The highest BCUT2D eigenvalue weighted by Crippen LogP contribution is 2.25. The van der Waals surface area contributed by atoms with Crippen LogP contribution in [0.25, 0.3) is 10.4 Å². The number of nitrogens with zero attached hydrogens (tertiary/aromatic N) is 3. The molecule has 0 fully saturated rings. The van der Waals surface area contributed by atoms with Gasteiger partial charge in [0.25, 0.3) is 0 Å². The van der Waals surface area contributed by atoms with E-state index in [0.717, 1.165) is 4.88 Å². The molecule has 0 radical (unpaired) electrons. The molecule has 1 unspecified atom stereocenters. The van der Waals surface area contributed by atoms with Crippen molar-refractivity contribution in [2.45, 2.75) is 12.5 Å². The van der Waals surface area contributed by atoms with Crippen LogP contribution >= 0.6 is 11.3 Å². The monoisotopic (exact) mass is 183 g/mol. The van der Waals surface area contributed by atoms with Crippen LogP contribution in [-0.2, 0) is 5.60 Å². The Hall–Kier alpha value is -1.03. The van der Waals surface area contributed by atoms with E-state index >= 15 is 0 Å². The third-order valence-corrected chi connectivity index (χ3v) is 2.62. The van der Waals surface area contributed by atoms with Gasteiger partial charge in [0.15, 0.2) is 0 Å². The van der Waals surface area contributed by atoms with E-state index in [1.807, 2.05) is 17.5 Å². The molecule has 0 aliphatic rings. The number of aliphatic hydroxyl groups is 1. The maximum absolute atomic E-state index is 9.75. The second-order valence-corrected chi connectivity index (χ2v) is 3.59. The van der Waals surface area contributed by atoms with E-state index in [4.69, 9.17) is 5.53 Å². The first-order chi connectivity index (χ1) is 5.67. The predicted octanol–water partition coefficient (Wildman–Crippen LogP) is 2.27. The average Bonchev–Trinajstić information content (AvgIpc) is 2.53. The van der Waals surface area contributed by atoms with Crippen molar-refractivity contribution in [2.24, 2.45) is 5.11 Å². The third-order valence-electron chi connectivity index (χ3n) is 1.49. The summed E-state index contributed by atoms with van der Waals surface area (Å²) >= 11 is 1.45. The maximum Gasteiger partial charge on any atom is 0.102 e. The van der Waals surface area contributed by atoms with Crippen molar-refractivity contribution in [3.8, 4) is 0 Å². The van der Waals surface area contributed by atoms with Gasteiger partial charge in [0.2, 0.25) is 0 Å². The SMILES string of the molecule is CC(O)(CN=[N+]=[N-])c1cccs1.